The number of hydrogen-bond donors (Lipinski definition) is 10. The summed E-state index contributed by atoms with van der Waals surface area (Å²) in [4.78, 5) is 4.56. The first-order valence-corrected chi connectivity index (χ1v) is 21.0. The van der Waals surface area contributed by atoms with Crippen LogP contribution in [0.3, 0.4) is 0 Å². The second-order valence-corrected chi connectivity index (χ2v) is 20.7. The van der Waals surface area contributed by atoms with E-state index in [9.17, 15) is 51.2 Å². The van der Waals surface area contributed by atoms with Gasteiger partial charge in [-0.3, -0.25) is 5.26 Å². The molecular formula is C42H72O15. The zero-order chi connectivity index (χ0) is 42.4. The summed E-state index contributed by atoms with van der Waals surface area (Å²) in [7, 11) is 0. The molecule has 4 saturated carbocycles. The molecule has 330 valence electrons. The monoisotopic (exact) mass is 816 g/mol. The maximum atomic E-state index is 12.3. The number of rotatable bonds is 10. The molecule has 0 bridgehead atoms. The van der Waals surface area contributed by atoms with Crippen LogP contribution in [0.25, 0.3) is 0 Å². The maximum Gasteiger partial charge on any atom is 0.187 e. The normalized spacial score (nSPS) is 52.5. The molecule has 15 heteroatoms. The van der Waals surface area contributed by atoms with Crippen LogP contribution in [0.2, 0.25) is 0 Å². The summed E-state index contributed by atoms with van der Waals surface area (Å²) in [6.45, 7) is 16.8. The molecule has 0 spiro atoms. The number of aliphatic hydroxyl groups excluding tert-OH is 8. The lowest BCUT2D eigenvalue weighted by Gasteiger charge is -2.72. The Morgan fingerprint density at radius 1 is 0.789 bits per heavy atom. The van der Waals surface area contributed by atoms with E-state index in [-0.39, 0.29) is 30.1 Å². The lowest BCUT2D eigenvalue weighted by Crippen LogP contribution is -2.71. The van der Waals surface area contributed by atoms with Crippen molar-refractivity contribution >= 4 is 0 Å². The first-order valence-electron chi connectivity index (χ1n) is 21.0. The first kappa shape index (κ1) is 45.7. The molecule has 0 unspecified atom stereocenters. The Morgan fingerprint density at radius 2 is 1.46 bits per heavy atom. The standard InChI is InChI=1S/C42H72O15/c1-20-28(46)30(48)32(50)35(53-20)56-33-31(49)29(47)24(19-43)55-36(33)54-23-18-41(8)25(39(6)15-12-26(45)38(4,5)34(23)39)17-22(44)27-21(11-16-40(27,41)7)42(9,51)14-10-13-37(2,3)57-52/h10,13,20-36,43-52H,11-12,14-19H2,1-9H3/b13-10+/t20-,21-,22+,23-,24+,25+,26-,27-,28-,29-,30+,31-,32+,33+,34-,35-,36+,39+,40+,41+,42-/m0/s1. The molecule has 57 heavy (non-hydrogen) atoms. The van der Waals surface area contributed by atoms with E-state index in [1.165, 1.54) is 6.92 Å². The van der Waals surface area contributed by atoms with E-state index in [0.29, 0.717) is 32.1 Å². The van der Waals surface area contributed by atoms with Crippen LogP contribution in [0.5, 0.6) is 0 Å². The Hall–Kier alpha value is -0.860. The smallest absolute Gasteiger partial charge is 0.187 e. The van der Waals surface area contributed by atoms with Crippen molar-refractivity contribution in [1.29, 1.82) is 0 Å². The fourth-order valence-electron chi connectivity index (χ4n) is 13.2. The lowest BCUT2D eigenvalue weighted by molar-refractivity contribution is -0.382. The largest absolute Gasteiger partial charge is 0.394 e. The average Bonchev–Trinajstić information content (AvgIpc) is 3.52. The molecule has 2 aliphatic heterocycles. The van der Waals surface area contributed by atoms with Crippen LogP contribution in [0.1, 0.15) is 107 Å². The quantitative estimate of drug-likeness (QED) is 0.0652. The van der Waals surface area contributed by atoms with Crippen LogP contribution in [-0.4, -0.2) is 149 Å². The summed E-state index contributed by atoms with van der Waals surface area (Å²) in [5.74, 6) is -0.858. The third-order valence-corrected chi connectivity index (χ3v) is 16.5. The Bertz CT molecular complexity index is 1440. The van der Waals surface area contributed by atoms with Gasteiger partial charge in [0.25, 0.3) is 0 Å². The number of hydrogen-bond acceptors (Lipinski definition) is 15. The summed E-state index contributed by atoms with van der Waals surface area (Å²) < 4.78 is 25.1. The number of ether oxygens (including phenoxy) is 4. The average molecular weight is 817 g/mol. The molecule has 6 rings (SSSR count). The molecule has 21 atom stereocenters. The van der Waals surface area contributed by atoms with Gasteiger partial charge in [0, 0.05) is 0 Å². The van der Waals surface area contributed by atoms with Crippen molar-refractivity contribution in [3.05, 3.63) is 12.2 Å². The van der Waals surface area contributed by atoms with Crippen molar-refractivity contribution in [3.63, 3.8) is 0 Å². The molecule has 0 radical (unpaired) electrons. The fraction of sp³-hybridized carbons (Fsp3) is 0.952. The molecule has 0 aromatic rings. The van der Waals surface area contributed by atoms with Gasteiger partial charge in [0.05, 0.1) is 36.6 Å². The van der Waals surface area contributed by atoms with Gasteiger partial charge in [-0.15, -0.1) is 0 Å². The summed E-state index contributed by atoms with van der Waals surface area (Å²) in [6, 6.07) is 0. The van der Waals surface area contributed by atoms with E-state index in [1.54, 1.807) is 19.9 Å². The third kappa shape index (κ3) is 7.49. The highest BCUT2D eigenvalue weighted by Crippen LogP contribution is 2.76. The minimum atomic E-state index is -1.72. The highest BCUT2D eigenvalue weighted by atomic mass is 17.1. The van der Waals surface area contributed by atoms with Crippen molar-refractivity contribution in [2.24, 2.45) is 45.3 Å². The molecule has 0 aromatic heterocycles. The second-order valence-electron chi connectivity index (χ2n) is 20.7. The minimum absolute atomic E-state index is 0.0129. The predicted molar refractivity (Wildman–Crippen MR) is 204 cm³/mol. The molecular weight excluding hydrogens is 744 g/mol. The van der Waals surface area contributed by atoms with Gasteiger partial charge in [-0.25, -0.2) is 4.89 Å². The van der Waals surface area contributed by atoms with Crippen LogP contribution in [-0.2, 0) is 23.8 Å². The van der Waals surface area contributed by atoms with Gasteiger partial charge in [-0.05, 0) is 118 Å². The summed E-state index contributed by atoms with van der Waals surface area (Å²) in [5, 5.41) is 110. The maximum absolute atomic E-state index is 12.3. The van der Waals surface area contributed by atoms with Gasteiger partial charge in [-0.2, -0.15) is 0 Å². The van der Waals surface area contributed by atoms with E-state index < -0.39 is 119 Å². The second kappa shape index (κ2) is 15.8. The molecule has 2 heterocycles. The SMILES string of the molecule is C[C@@H]1O[C@@H](O[C@H]2[C@H](O[C@H]3C[C@]4(C)[C@H](C[C@@H](O)[C@@H]5[C@@H]([C@@](C)(O)C/C=C/C(C)(C)OO)CC[C@]54C)[C@@]4(C)CC[C@H](O)C(C)(C)[C@H]34)O[C@H](CO)[C@H](O)[C@@H]2O)[C@H](O)[C@H](O)[C@H]1O. The van der Waals surface area contributed by atoms with E-state index in [4.69, 9.17) is 18.9 Å². The van der Waals surface area contributed by atoms with Gasteiger partial charge in [0.1, 0.15) is 48.3 Å². The van der Waals surface area contributed by atoms with Crippen molar-refractivity contribution in [3.8, 4) is 0 Å². The lowest BCUT2D eigenvalue weighted by atomic mass is 9.34. The molecule has 6 aliphatic rings. The van der Waals surface area contributed by atoms with Crippen LogP contribution in [0.4, 0.5) is 0 Å². The fourth-order valence-corrected chi connectivity index (χ4v) is 13.2. The first-order chi connectivity index (χ1) is 26.3. The van der Waals surface area contributed by atoms with Crippen molar-refractivity contribution < 1.29 is 75.1 Å². The summed E-state index contributed by atoms with van der Waals surface area (Å²) in [6.07, 6.45) is -9.42. The Labute approximate surface area is 336 Å². The van der Waals surface area contributed by atoms with Crippen LogP contribution in [0, 0.1) is 45.3 Å². The number of fused-ring (bicyclic) bond motifs is 5. The van der Waals surface area contributed by atoms with Crippen LogP contribution < -0.4 is 0 Å². The zero-order valence-electron chi connectivity index (χ0n) is 35.1. The number of aliphatic hydroxyl groups is 9. The van der Waals surface area contributed by atoms with E-state index in [0.717, 1.165) is 6.42 Å². The predicted octanol–water partition coefficient (Wildman–Crippen LogP) is 1.62. The van der Waals surface area contributed by atoms with E-state index in [1.807, 2.05) is 26.8 Å². The van der Waals surface area contributed by atoms with Gasteiger partial charge in [-0.1, -0.05) is 46.8 Å². The Kier molecular flexibility index (Phi) is 12.7. The molecule has 0 amide bonds. The van der Waals surface area contributed by atoms with Gasteiger partial charge in [0.2, 0.25) is 0 Å². The molecule has 10 N–H and O–H groups in total. The van der Waals surface area contributed by atoms with Gasteiger partial charge < -0.3 is 64.9 Å². The highest BCUT2D eigenvalue weighted by Gasteiger charge is 2.73. The van der Waals surface area contributed by atoms with Gasteiger partial charge in [0.15, 0.2) is 12.6 Å². The zero-order valence-corrected chi connectivity index (χ0v) is 35.1. The highest BCUT2D eigenvalue weighted by molar-refractivity contribution is 5.22. The van der Waals surface area contributed by atoms with Crippen LogP contribution in [0.15, 0.2) is 12.2 Å². The van der Waals surface area contributed by atoms with Crippen molar-refractivity contribution in [1.82, 2.24) is 0 Å². The molecule has 15 nitrogen and oxygen atoms in total. The minimum Gasteiger partial charge on any atom is -0.394 e. The van der Waals surface area contributed by atoms with E-state index >= 15 is 0 Å². The van der Waals surface area contributed by atoms with Crippen molar-refractivity contribution in [2.75, 3.05) is 6.61 Å². The molecule has 2 saturated heterocycles. The Morgan fingerprint density at radius 3 is 2.09 bits per heavy atom. The summed E-state index contributed by atoms with van der Waals surface area (Å²) >= 11 is 0. The van der Waals surface area contributed by atoms with Crippen LogP contribution >= 0.6 is 0 Å². The van der Waals surface area contributed by atoms with Gasteiger partial charge >= 0.3 is 0 Å². The van der Waals surface area contributed by atoms with Crippen molar-refractivity contribution in [2.45, 2.75) is 198 Å². The topological polar surface area (TPSA) is 248 Å². The molecule has 4 aliphatic carbocycles. The Balaban J connectivity index is 1.38. The van der Waals surface area contributed by atoms with E-state index in [2.05, 4.69) is 25.7 Å². The molecule has 0 aromatic carbocycles. The molecule has 6 fully saturated rings. The third-order valence-electron chi connectivity index (χ3n) is 16.5. The summed E-state index contributed by atoms with van der Waals surface area (Å²) in [5.41, 5.74) is -4.27.